The monoisotopic (exact) mass is 700 g/mol. The van der Waals surface area contributed by atoms with Crippen molar-refractivity contribution >= 4 is 12.6 Å². The lowest BCUT2D eigenvalue weighted by Gasteiger charge is -2.40. The molecule has 4 N–H and O–H groups in total. The number of carbonyl (C=O) groups excluding carboxylic acids is 2. The minimum Gasteiger partial charge on any atom is -0.507 e. The van der Waals surface area contributed by atoms with Crippen LogP contribution in [-0.4, -0.2) is 45.2 Å². The van der Waals surface area contributed by atoms with Gasteiger partial charge in [0.05, 0.1) is 23.3 Å². The van der Waals surface area contributed by atoms with E-state index in [0.29, 0.717) is 37.2 Å². The maximum atomic E-state index is 11.4. The van der Waals surface area contributed by atoms with Gasteiger partial charge in [0.25, 0.3) is 0 Å². The molecule has 0 radical (unpaired) electrons. The Morgan fingerprint density at radius 2 is 1.04 bits per heavy atom. The van der Waals surface area contributed by atoms with Crippen LogP contribution in [0.5, 0.6) is 11.5 Å². The first-order valence-electron chi connectivity index (χ1n) is 19.4. The number of hydrogen-bond acceptors (Lipinski definition) is 6. The summed E-state index contributed by atoms with van der Waals surface area (Å²) in [5.74, 6) is 0.801. The van der Waals surface area contributed by atoms with Crippen LogP contribution in [0.15, 0.2) is 84.9 Å². The molecule has 0 spiro atoms. The van der Waals surface area contributed by atoms with Gasteiger partial charge in [-0.25, -0.2) is 0 Å². The first kappa shape index (κ1) is 36.1. The molecule has 6 heteroatoms. The molecule has 6 nitrogen and oxygen atoms in total. The summed E-state index contributed by atoms with van der Waals surface area (Å²) in [5.41, 5.74) is 7.88. The molecule has 0 aromatic heterocycles. The van der Waals surface area contributed by atoms with E-state index in [9.17, 15) is 30.0 Å². The third-order valence-electron chi connectivity index (χ3n) is 12.8. The van der Waals surface area contributed by atoms with Crippen LogP contribution in [-0.2, 0) is 18.3 Å². The third kappa shape index (κ3) is 7.60. The zero-order valence-electron chi connectivity index (χ0n) is 30.0. The van der Waals surface area contributed by atoms with Crippen LogP contribution in [0.3, 0.4) is 0 Å². The van der Waals surface area contributed by atoms with Crippen molar-refractivity contribution in [3.63, 3.8) is 0 Å². The number of rotatable bonds is 10. The van der Waals surface area contributed by atoms with E-state index in [1.807, 2.05) is 12.1 Å². The minimum atomic E-state index is -0.393. The topological polar surface area (TPSA) is 115 Å². The zero-order chi connectivity index (χ0) is 36.2. The van der Waals surface area contributed by atoms with Crippen molar-refractivity contribution in [1.29, 1.82) is 0 Å². The zero-order valence-corrected chi connectivity index (χ0v) is 30.0. The molecule has 0 bridgehead atoms. The van der Waals surface area contributed by atoms with Gasteiger partial charge in [-0.1, -0.05) is 79.9 Å². The number of phenols is 2. The summed E-state index contributed by atoms with van der Waals surface area (Å²) < 4.78 is 0. The van der Waals surface area contributed by atoms with E-state index < -0.39 is 12.2 Å². The fourth-order valence-corrected chi connectivity index (χ4v) is 9.88. The van der Waals surface area contributed by atoms with Gasteiger partial charge in [-0.2, -0.15) is 0 Å². The molecule has 3 aliphatic carbocycles. The van der Waals surface area contributed by atoms with Crippen LogP contribution in [0.25, 0.3) is 0 Å². The molecule has 4 aromatic carbocycles. The molecule has 52 heavy (non-hydrogen) atoms. The molecule has 7 rings (SSSR count). The molecule has 6 unspecified atom stereocenters. The van der Waals surface area contributed by atoms with Gasteiger partial charge in [0.15, 0.2) is 12.6 Å². The van der Waals surface area contributed by atoms with Gasteiger partial charge in [-0.05, 0) is 146 Å². The Bertz CT molecular complexity index is 1750. The standard InChI is InChI=1S/C46H52O6/c47-28-38-22-30(10-14-44(38)51)20-36-24-34(12-16-42(36)49)32-6-4-8-40(26-32)46(18-2-1-3-19-46)41-9-5-7-33(27-41)35-13-17-43(50)37(25-35)21-31-11-15-45(52)39(23-31)29-48/h4-11,14-15,22-23,26-29,34-37,42-43,49-52H,1-3,12-13,16-21,24-25H2. The number of aldehydes is 2. The molecule has 0 aliphatic heterocycles. The number of aliphatic hydroxyl groups excluding tert-OH is 2. The van der Waals surface area contributed by atoms with Gasteiger partial charge < -0.3 is 20.4 Å². The van der Waals surface area contributed by atoms with Crippen molar-refractivity contribution in [1.82, 2.24) is 0 Å². The third-order valence-corrected chi connectivity index (χ3v) is 12.8. The summed E-state index contributed by atoms with van der Waals surface area (Å²) in [6.07, 6.45) is 12.9. The highest BCUT2D eigenvalue weighted by Gasteiger charge is 2.38. The molecule has 0 saturated heterocycles. The second kappa shape index (κ2) is 15.8. The van der Waals surface area contributed by atoms with Crippen molar-refractivity contribution in [3.05, 3.63) is 129 Å². The second-order valence-corrected chi connectivity index (χ2v) is 16.0. The van der Waals surface area contributed by atoms with Gasteiger partial charge in [0.2, 0.25) is 0 Å². The molecule has 3 fully saturated rings. The normalized spacial score (nSPS) is 26.0. The van der Waals surface area contributed by atoms with E-state index in [-0.39, 0.29) is 39.9 Å². The predicted octanol–water partition coefficient (Wildman–Crippen LogP) is 8.95. The Morgan fingerprint density at radius 1 is 0.577 bits per heavy atom. The maximum absolute atomic E-state index is 11.4. The number of carbonyl (C=O) groups is 2. The van der Waals surface area contributed by atoms with Crippen molar-refractivity contribution in [2.24, 2.45) is 11.8 Å². The maximum Gasteiger partial charge on any atom is 0.153 e. The Hall–Kier alpha value is -4.26. The highest BCUT2D eigenvalue weighted by Crippen LogP contribution is 2.48. The van der Waals surface area contributed by atoms with E-state index in [0.717, 1.165) is 62.5 Å². The lowest BCUT2D eigenvalue weighted by Crippen LogP contribution is -2.32. The fourth-order valence-electron chi connectivity index (χ4n) is 9.88. The molecular weight excluding hydrogens is 649 g/mol. The average Bonchev–Trinajstić information content (AvgIpc) is 3.18. The van der Waals surface area contributed by atoms with Crippen molar-refractivity contribution in [2.75, 3.05) is 0 Å². The van der Waals surface area contributed by atoms with Crippen LogP contribution in [0.2, 0.25) is 0 Å². The van der Waals surface area contributed by atoms with E-state index >= 15 is 0 Å². The van der Waals surface area contributed by atoms with Crippen molar-refractivity contribution in [2.45, 2.75) is 113 Å². The van der Waals surface area contributed by atoms with Gasteiger partial charge in [0.1, 0.15) is 11.5 Å². The van der Waals surface area contributed by atoms with Crippen LogP contribution >= 0.6 is 0 Å². The van der Waals surface area contributed by atoms with Crippen LogP contribution in [0.1, 0.15) is 137 Å². The summed E-state index contributed by atoms with van der Waals surface area (Å²) in [7, 11) is 0. The number of aromatic hydroxyl groups is 2. The van der Waals surface area contributed by atoms with Crippen molar-refractivity contribution < 1.29 is 30.0 Å². The summed E-state index contributed by atoms with van der Waals surface area (Å²) in [4.78, 5) is 22.9. The summed E-state index contributed by atoms with van der Waals surface area (Å²) >= 11 is 0. The number of hydrogen-bond donors (Lipinski definition) is 4. The van der Waals surface area contributed by atoms with E-state index in [4.69, 9.17) is 0 Å². The highest BCUT2D eigenvalue weighted by atomic mass is 16.3. The molecule has 0 heterocycles. The van der Waals surface area contributed by atoms with Crippen LogP contribution < -0.4 is 0 Å². The van der Waals surface area contributed by atoms with E-state index in [2.05, 4.69) is 48.5 Å². The lowest BCUT2D eigenvalue weighted by molar-refractivity contribution is 0.0618. The van der Waals surface area contributed by atoms with Gasteiger partial charge >= 0.3 is 0 Å². The molecule has 6 atom stereocenters. The van der Waals surface area contributed by atoms with Gasteiger partial charge in [-0.15, -0.1) is 0 Å². The van der Waals surface area contributed by atoms with E-state index in [1.165, 1.54) is 41.5 Å². The smallest absolute Gasteiger partial charge is 0.153 e. The Labute approximate surface area is 307 Å². The van der Waals surface area contributed by atoms with Crippen LogP contribution in [0.4, 0.5) is 0 Å². The molecular formula is C46H52O6. The van der Waals surface area contributed by atoms with Gasteiger partial charge in [0, 0.05) is 5.41 Å². The second-order valence-electron chi connectivity index (χ2n) is 16.0. The minimum absolute atomic E-state index is 0.0118. The summed E-state index contributed by atoms with van der Waals surface area (Å²) in [6.45, 7) is 0. The molecule has 3 saturated carbocycles. The van der Waals surface area contributed by atoms with Crippen molar-refractivity contribution in [3.8, 4) is 11.5 Å². The van der Waals surface area contributed by atoms with E-state index in [1.54, 1.807) is 24.3 Å². The summed E-state index contributed by atoms with van der Waals surface area (Å²) in [5, 5.41) is 42.1. The fraction of sp³-hybridized carbons (Fsp3) is 0.435. The highest BCUT2D eigenvalue weighted by molar-refractivity contribution is 5.79. The molecule has 4 aromatic rings. The summed E-state index contributed by atoms with van der Waals surface area (Å²) in [6, 6.07) is 28.9. The first-order chi connectivity index (χ1) is 25.3. The SMILES string of the molecule is O=Cc1cc(CC2CC(c3cccc(C4(c5cccc(C6CCC(O)C(Cc7ccc(O)c(C=O)c7)C6)c5)CCCCC4)c3)CCC2O)ccc1O. The van der Waals surface area contributed by atoms with Crippen LogP contribution in [0, 0.1) is 11.8 Å². The molecule has 0 amide bonds. The van der Waals surface area contributed by atoms with Gasteiger partial charge in [-0.3, -0.25) is 9.59 Å². The predicted molar refractivity (Wildman–Crippen MR) is 203 cm³/mol. The number of phenolic OH excluding ortho intramolecular Hbond substituents is 2. The molecule has 3 aliphatic rings. The lowest BCUT2D eigenvalue weighted by atomic mass is 9.64. The Morgan fingerprint density at radius 3 is 1.48 bits per heavy atom. The average molecular weight is 701 g/mol. The number of aliphatic hydroxyl groups is 2. The first-order valence-corrected chi connectivity index (χ1v) is 19.4. The Kier molecular flexibility index (Phi) is 11.0. The molecule has 272 valence electrons. The Balaban J connectivity index is 1.12. The number of benzene rings is 4. The largest absolute Gasteiger partial charge is 0.507 e. The quantitative estimate of drug-likeness (QED) is 0.123.